The normalized spacial score (nSPS) is 10.9. The fraction of sp³-hybridized carbons (Fsp3) is 0.303. The van der Waals surface area contributed by atoms with Gasteiger partial charge in [-0.1, -0.05) is 75.6 Å². The fourth-order valence-corrected chi connectivity index (χ4v) is 4.54. The third-order valence-corrected chi connectivity index (χ3v) is 6.79. The molecule has 1 heterocycles. The molecule has 6 nitrogen and oxygen atoms in total. The number of amides is 2. The average Bonchev–Trinajstić information content (AvgIpc) is 3.40. The largest absolute Gasteiger partial charge is 0.329 e. The number of aryl methyl sites for hydroxylation is 1. The van der Waals surface area contributed by atoms with Crippen LogP contribution in [-0.2, 0) is 11.2 Å². The molecule has 0 aliphatic rings. The Morgan fingerprint density at radius 1 is 0.875 bits per heavy atom. The van der Waals surface area contributed by atoms with Gasteiger partial charge in [0.15, 0.2) is 0 Å². The summed E-state index contributed by atoms with van der Waals surface area (Å²) in [7, 11) is 0. The van der Waals surface area contributed by atoms with Crippen LogP contribution in [0.25, 0.3) is 16.9 Å². The Morgan fingerprint density at radius 3 is 2.25 bits per heavy atom. The van der Waals surface area contributed by atoms with Crippen LogP contribution in [0.2, 0.25) is 0 Å². The van der Waals surface area contributed by atoms with Crippen molar-refractivity contribution in [3.05, 3.63) is 102 Å². The molecule has 0 fully saturated rings. The first-order valence-corrected chi connectivity index (χ1v) is 14.1. The first-order chi connectivity index (χ1) is 19.5. The van der Waals surface area contributed by atoms with E-state index in [2.05, 4.69) is 24.3 Å². The summed E-state index contributed by atoms with van der Waals surface area (Å²) in [5, 5.41) is 7.63. The van der Waals surface area contributed by atoms with Gasteiger partial charge in [0.1, 0.15) is 18.2 Å². The molecule has 4 aromatic rings. The third-order valence-electron chi connectivity index (χ3n) is 6.79. The fourth-order valence-electron chi connectivity index (χ4n) is 4.54. The number of unbranched alkanes of at least 4 members (excludes halogenated alkanes) is 3. The van der Waals surface area contributed by atoms with Gasteiger partial charge in [-0.25, -0.2) is 9.07 Å². The van der Waals surface area contributed by atoms with E-state index in [0.29, 0.717) is 29.3 Å². The van der Waals surface area contributed by atoms with Crippen molar-refractivity contribution in [1.82, 2.24) is 14.7 Å². The van der Waals surface area contributed by atoms with E-state index in [4.69, 9.17) is 0 Å². The van der Waals surface area contributed by atoms with Gasteiger partial charge >= 0.3 is 0 Å². The third kappa shape index (κ3) is 7.65. The Bertz CT molecular complexity index is 1380. The second kappa shape index (κ2) is 14.2. The lowest BCUT2D eigenvalue weighted by molar-refractivity contribution is -0.117. The molecule has 2 amide bonds. The lowest BCUT2D eigenvalue weighted by Gasteiger charge is -2.22. The van der Waals surface area contributed by atoms with Crippen molar-refractivity contribution < 1.29 is 14.0 Å². The highest BCUT2D eigenvalue weighted by Crippen LogP contribution is 2.25. The Morgan fingerprint density at radius 2 is 1.57 bits per heavy atom. The zero-order valence-corrected chi connectivity index (χ0v) is 23.3. The molecule has 0 radical (unpaired) electrons. The van der Waals surface area contributed by atoms with Crippen molar-refractivity contribution in [3.63, 3.8) is 0 Å². The number of anilines is 1. The quantitative estimate of drug-likeness (QED) is 0.181. The summed E-state index contributed by atoms with van der Waals surface area (Å²) in [6.07, 6.45) is 6.01. The van der Waals surface area contributed by atoms with E-state index in [1.54, 1.807) is 27.8 Å². The summed E-state index contributed by atoms with van der Waals surface area (Å²) < 4.78 is 15.2. The molecule has 0 bridgehead atoms. The van der Waals surface area contributed by atoms with Gasteiger partial charge in [-0.05, 0) is 61.2 Å². The summed E-state index contributed by atoms with van der Waals surface area (Å²) in [5.41, 5.74) is 3.94. The van der Waals surface area contributed by atoms with Crippen LogP contribution in [0.3, 0.4) is 0 Å². The first kappa shape index (κ1) is 28.7. The number of carbonyl (C=O) groups excluding carboxylic acids is 2. The Balaban J connectivity index is 1.55. The minimum atomic E-state index is -0.357. The number of hydrogen-bond donors (Lipinski definition) is 1. The van der Waals surface area contributed by atoms with Gasteiger partial charge < -0.3 is 10.2 Å². The molecule has 0 aliphatic carbocycles. The van der Waals surface area contributed by atoms with E-state index >= 15 is 0 Å². The molecule has 0 atom stereocenters. The van der Waals surface area contributed by atoms with Crippen LogP contribution in [0.15, 0.2) is 84.9 Å². The first-order valence-electron chi connectivity index (χ1n) is 14.1. The van der Waals surface area contributed by atoms with Gasteiger partial charge in [0.05, 0.1) is 11.4 Å². The minimum Gasteiger partial charge on any atom is -0.329 e. The van der Waals surface area contributed by atoms with E-state index in [0.717, 1.165) is 44.1 Å². The molecular weight excluding hydrogens is 503 g/mol. The van der Waals surface area contributed by atoms with E-state index < -0.39 is 0 Å². The molecule has 0 unspecified atom stereocenters. The molecule has 40 heavy (non-hydrogen) atoms. The van der Waals surface area contributed by atoms with Gasteiger partial charge in [0.2, 0.25) is 5.91 Å². The van der Waals surface area contributed by atoms with Gasteiger partial charge in [0, 0.05) is 23.7 Å². The van der Waals surface area contributed by atoms with Crippen LogP contribution in [-0.4, -0.2) is 39.6 Å². The molecule has 0 saturated heterocycles. The number of carbonyl (C=O) groups is 2. The molecule has 7 heteroatoms. The number of nitrogens with one attached hydrogen (secondary N) is 1. The van der Waals surface area contributed by atoms with Crippen LogP contribution < -0.4 is 5.32 Å². The Kier molecular flexibility index (Phi) is 10.2. The Labute approximate surface area is 235 Å². The minimum absolute atomic E-state index is 0.0879. The summed E-state index contributed by atoms with van der Waals surface area (Å²) in [6.45, 7) is 4.67. The molecule has 1 aromatic heterocycles. The van der Waals surface area contributed by atoms with Crippen molar-refractivity contribution >= 4 is 17.6 Å². The second-order valence-electron chi connectivity index (χ2n) is 9.95. The van der Waals surface area contributed by atoms with Crippen LogP contribution in [0.1, 0.15) is 61.9 Å². The van der Waals surface area contributed by atoms with Gasteiger partial charge in [-0.2, -0.15) is 5.10 Å². The van der Waals surface area contributed by atoms with Gasteiger partial charge in [-0.3, -0.25) is 9.59 Å². The molecular formula is C33H37FN4O2. The van der Waals surface area contributed by atoms with E-state index in [1.807, 2.05) is 54.6 Å². The molecule has 0 spiro atoms. The maximum Gasteiger partial charge on any atom is 0.254 e. The van der Waals surface area contributed by atoms with E-state index in [-0.39, 0.29) is 24.2 Å². The van der Waals surface area contributed by atoms with Gasteiger partial charge in [0.25, 0.3) is 5.91 Å². The molecule has 1 N–H and O–H groups in total. The molecule has 4 rings (SSSR count). The standard InChI is InChI=1S/C33H37FN4O2/c1-3-5-10-22-37(33(40)27-16-14-25(15-17-27)11-6-4-2)24-32(39)35-31-23-30(26-12-8-7-9-13-26)36-38(31)29-20-18-28(34)19-21-29/h7-9,12-21,23H,3-6,10-11,22,24H2,1-2H3,(H,35,39). The number of halogens is 1. The highest BCUT2D eigenvalue weighted by Gasteiger charge is 2.21. The van der Waals surface area contributed by atoms with Crippen molar-refractivity contribution in [2.45, 2.75) is 52.4 Å². The zero-order valence-electron chi connectivity index (χ0n) is 23.3. The van der Waals surface area contributed by atoms with Crippen LogP contribution in [0.4, 0.5) is 10.2 Å². The van der Waals surface area contributed by atoms with Crippen LogP contribution in [0.5, 0.6) is 0 Å². The van der Waals surface area contributed by atoms with Crippen molar-refractivity contribution in [2.24, 2.45) is 0 Å². The molecule has 0 saturated carbocycles. The van der Waals surface area contributed by atoms with Crippen molar-refractivity contribution in [3.8, 4) is 16.9 Å². The van der Waals surface area contributed by atoms with E-state index in [1.165, 1.54) is 17.7 Å². The van der Waals surface area contributed by atoms with Crippen molar-refractivity contribution in [2.75, 3.05) is 18.4 Å². The predicted octanol–water partition coefficient (Wildman–Crippen LogP) is 7.29. The highest BCUT2D eigenvalue weighted by atomic mass is 19.1. The number of aromatic nitrogens is 2. The lowest BCUT2D eigenvalue weighted by Crippen LogP contribution is -2.39. The zero-order chi connectivity index (χ0) is 28.3. The lowest BCUT2D eigenvalue weighted by atomic mass is 10.1. The maximum absolute atomic E-state index is 13.6. The predicted molar refractivity (Wildman–Crippen MR) is 158 cm³/mol. The number of benzene rings is 3. The topological polar surface area (TPSA) is 67.2 Å². The Hall–Kier alpha value is -4.26. The molecule has 0 aliphatic heterocycles. The monoisotopic (exact) mass is 540 g/mol. The summed E-state index contributed by atoms with van der Waals surface area (Å²) >= 11 is 0. The summed E-state index contributed by atoms with van der Waals surface area (Å²) in [6, 6.07) is 25.0. The summed E-state index contributed by atoms with van der Waals surface area (Å²) in [4.78, 5) is 28.4. The molecule has 3 aromatic carbocycles. The van der Waals surface area contributed by atoms with Crippen LogP contribution >= 0.6 is 0 Å². The smallest absolute Gasteiger partial charge is 0.254 e. The second-order valence-corrected chi connectivity index (χ2v) is 9.95. The average molecular weight is 541 g/mol. The number of hydrogen-bond acceptors (Lipinski definition) is 3. The number of nitrogens with zero attached hydrogens (tertiary/aromatic N) is 3. The maximum atomic E-state index is 13.6. The summed E-state index contributed by atoms with van der Waals surface area (Å²) in [5.74, 6) is -0.404. The van der Waals surface area contributed by atoms with Crippen LogP contribution in [0, 0.1) is 5.82 Å². The SMILES string of the molecule is CCCCCN(CC(=O)Nc1cc(-c2ccccc2)nn1-c1ccc(F)cc1)C(=O)c1ccc(CCCC)cc1. The van der Waals surface area contributed by atoms with E-state index in [9.17, 15) is 14.0 Å². The molecule has 208 valence electrons. The number of rotatable bonds is 13. The van der Waals surface area contributed by atoms with Crippen molar-refractivity contribution in [1.29, 1.82) is 0 Å². The van der Waals surface area contributed by atoms with Gasteiger partial charge in [-0.15, -0.1) is 0 Å². The highest BCUT2D eigenvalue weighted by molar-refractivity contribution is 5.99.